The molecule has 4 rings (SSSR count). The molecule has 7 heteroatoms. The number of methoxy groups -OCH3 is 1. The monoisotopic (exact) mass is 294 g/mol. The number of anilines is 1. The Bertz CT molecular complexity index is 525. The lowest BCUT2D eigenvalue weighted by Gasteiger charge is -2.57. The van der Waals surface area contributed by atoms with E-state index in [0.717, 1.165) is 5.69 Å². The number of piperidine rings is 1. The van der Waals surface area contributed by atoms with Crippen molar-refractivity contribution < 1.29 is 24.6 Å². The Morgan fingerprint density at radius 3 is 2.52 bits per heavy atom. The second-order valence-corrected chi connectivity index (χ2v) is 5.25. The van der Waals surface area contributed by atoms with Gasteiger partial charge in [-0.05, 0) is 19.1 Å². The number of hydrogen-bond donors (Lipinski definition) is 2. The average molecular weight is 294 g/mol. The molecule has 0 aromatic heterocycles. The molecule has 1 aromatic carbocycles. The Balaban J connectivity index is 1.96. The standard InChI is InChI=1S/C14H18N2O5/c1-8-10-11(17)12(18)13(15(8)14(19)20-2)21-16(10)9-6-4-3-5-7-9/h3-8,10-13,17-18H,1-2H3/t8-,10-,11+,12+,13-/m1/s1. The van der Waals surface area contributed by atoms with Crippen LogP contribution in [0.1, 0.15) is 6.92 Å². The maximum absolute atomic E-state index is 11.9. The molecule has 0 spiro atoms. The van der Waals surface area contributed by atoms with Gasteiger partial charge in [0.1, 0.15) is 18.2 Å². The van der Waals surface area contributed by atoms with Crippen molar-refractivity contribution in [2.75, 3.05) is 12.2 Å². The lowest BCUT2D eigenvalue weighted by molar-refractivity contribution is -0.253. The summed E-state index contributed by atoms with van der Waals surface area (Å²) in [4.78, 5) is 18.9. The maximum atomic E-state index is 11.9. The van der Waals surface area contributed by atoms with Crippen LogP contribution in [-0.4, -0.2) is 58.8 Å². The molecule has 3 fully saturated rings. The van der Waals surface area contributed by atoms with Crippen molar-refractivity contribution in [3.8, 4) is 0 Å². The first-order chi connectivity index (χ1) is 10.1. The molecule has 3 aliphatic heterocycles. The van der Waals surface area contributed by atoms with E-state index >= 15 is 0 Å². The molecule has 0 aliphatic carbocycles. The third-order valence-corrected chi connectivity index (χ3v) is 4.09. The van der Waals surface area contributed by atoms with Gasteiger partial charge in [0.25, 0.3) is 0 Å². The number of fused-ring (bicyclic) bond motifs is 3. The molecular weight excluding hydrogens is 276 g/mol. The maximum Gasteiger partial charge on any atom is 0.412 e. The van der Waals surface area contributed by atoms with Crippen molar-refractivity contribution >= 4 is 11.8 Å². The van der Waals surface area contributed by atoms with Crippen molar-refractivity contribution in [3.05, 3.63) is 30.3 Å². The van der Waals surface area contributed by atoms with Crippen LogP contribution in [0.15, 0.2) is 30.3 Å². The first-order valence-electron chi connectivity index (χ1n) is 6.79. The summed E-state index contributed by atoms with van der Waals surface area (Å²) in [7, 11) is 1.27. The Labute approximate surface area is 122 Å². The molecule has 0 unspecified atom stereocenters. The van der Waals surface area contributed by atoms with Crippen molar-refractivity contribution in [1.82, 2.24) is 4.90 Å². The molecule has 2 N–H and O–H groups in total. The molecule has 0 radical (unpaired) electrons. The van der Waals surface area contributed by atoms with Crippen LogP contribution in [0.5, 0.6) is 0 Å². The molecule has 1 amide bonds. The number of para-hydroxylation sites is 1. The van der Waals surface area contributed by atoms with E-state index < -0.39 is 30.6 Å². The van der Waals surface area contributed by atoms with E-state index in [1.807, 2.05) is 30.3 Å². The van der Waals surface area contributed by atoms with Gasteiger partial charge in [0.05, 0.1) is 18.8 Å². The fourth-order valence-corrected chi connectivity index (χ4v) is 3.03. The van der Waals surface area contributed by atoms with Gasteiger partial charge in [0.2, 0.25) is 0 Å². The van der Waals surface area contributed by atoms with Crippen molar-refractivity contribution in [2.24, 2.45) is 0 Å². The third-order valence-electron chi connectivity index (χ3n) is 4.09. The molecule has 7 nitrogen and oxygen atoms in total. The topological polar surface area (TPSA) is 82.5 Å². The quantitative estimate of drug-likeness (QED) is 0.776. The van der Waals surface area contributed by atoms with Gasteiger partial charge in [0.15, 0.2) is 6.23 Å². The number of rotatable bonds is 1. The predicted molar refractivity (Wildman–Crippen MR) is 73.3 cm³/mol. The number of carbonyl (C=O) groups excluding carboxylic acids is 1. The fourth-order valence-electron chi connectivity index (χ4n) is 3.03. The molecule has 1 aromatic rings. The minimum absolute atomic E-state index is 0.366. The number of amides is 1. The molecule has 21 heavy (non-hydrogen) atoms. The zero-order valence-corrected chi connectivity index (χ0v) is 11.8. The Morgan fingerprint density at radius 1 is 1.24 bits per heavy atom. The molecular formula is C14H18N2O5. The molecule has 3 saturated heterocycles. The van der Waals surface area contributed by atoms with Crippen LogP contribution in [0.3, 0.4) is 0 Å². The van der Waals surface area contributed by atoms with Crippen LogP contribution in [0.2, 0.25) is 0 Å². The normalized spacial score (nSPS) is 35.0. The van der Waals surface area contributed by atoms with Crippen LogP contribution < -0.4 is 5.06 Å². The number of benzene rings is 1. The third kappa shape index (κ3) is 2.05. The van der Waals surface area contributed by atoms with Crippen LogP contribution in [-0.2, 0) is 9.57 Å². The van der Waals surface area contributed by atoms with Gasteiger partial charge in [-0.2, -0.15) is 0 Å². The number of hydrogen-bond acceptors (Lipinski definition) is 6. The van der Waals surface area contributed by atoms with E-state index in [0.29, 0.717) is 0 Å². The van der Waals surface area contributed by atoms with Crippen LogP contribution >= 0.6 is 0 Å². The lowest BCUT2D eigenvalue weighted by Crippen LogP contribution is -2.77. The smallest absolute Gasteiger partial charge is 0.412 e. The van der Waals surface area contributed by atoms with E-state index in [-0.39, 0.29) is 6.04 Å². The second-order valence-electron chi connectivity index (χ2n) is 5.25. The van der Waals surface area contributed by atoms with Gasteiger partial charge < -0.3 is 14.9 Å². The van der Waals surface area contributed by atoms with Crippen LogP contribution in [0, 0.1) is 0 Å². The molecule has 3 heterocycles. The van der Waals surface area contributed by atoms with Crippen LogP contribution in [0.25, 0.3) is 0 Å². The van der Waals surface area contributed by atoms with Gasteiger partial charge in [0, 0.05) is 0 Å². The summed E-state index contributed by atoms with van der Waals surface area (Å²) in [5.41, 5.74) is 0.759. The minimum Gasteiger partial charge on any atom is -0.453 e. The van der Waals surface area contributed by atoms with E-state index in [2.05, 4.69) is 0 Å². The fraction of sp³-hybridized carbons (Fsp3) is 0.500. The van der Waals surface area contributed by atoms with Crippen LogP contribution in [0.4, 0.5) is 10.5 Å². The number of aliphatic hydroxyl groups excluding tert-OH is 2. The summed E-state index contributed by atoms with van der Waals surface area (Å²) in [6.45, 7) is 1.79. The highest BCUT2D eigenvalue weighted by Gasteiger charge is 2.57. The number of aliphatic hydroxyl groups is 2. The van der Waals surface area contributed by atoms with E-state index in [4.69, 9.17) is 9.57 Å². The zero-order chi connectivity index (χ0) is 15.1. The molecule has 5 atom stereocenters. The summed E-state index contributed by atoms with van der Waals surface area (Å²) >= 11 is 0. The Morgan fingerprint density at radius 2 is 1.90 bits per heavy atom. The predicted octanol–water partition coefficient (Wildman–Crippen LogP) is 0.325. The summed E-state index contributed by atoms with van der Waals surface area (Å²) in [5.74, 6) is 0. The average Bonchev–Trinajstić information content (AvgIpc) is 2.51. The highest BCUT2D eigenvalue weighted by Crippen LogP contribution is 2.38. The van der Waals surface area contributed by atoms with Crippen molar-refractivity contribution in [3.63, 3.8) is 0 Å². The minimum atomic E-state index is -1.18. The van der Waals surface area contributed by atoms with Crippen molar-refractivity contribution in [1.29, 1.82) is 0 Å². The Hall–Kier alpha value is -1.83. The van der Waals surface area contributed by atoms with E-state index in [1.165, 1.54) is 12.0 Å². The Kier molecular flexibility index (Phi) is 3.48. The van der Waals surface area contributed by atoms with Gasteiger partial charge in [-0.15, -0.1) is 0 Å². The second kappa shape index (κ2) is 5.18. The lowest BCUT2D eigenvalue weighted by atomic mass is 9.89. The molecule has 2 bridgehead atoms. The summed E-state index contributed by atoms with van der Waals surface area (Å²) in [6.07, 6.45) is -3.76. The number of nitrogens with zero attached hydrogens (tertiary/aromatic N) is 2. The largest absolute Gasteiger partial charge is 0.453 e. The zero-order valence-electron chi connectivity index (χ0n) is 11.8. The van der Waals surface area contributed by atoms with Gasteiger partial charge >= 0.3 is 6.09 Å². The number of hydroxylamine groups is 1. The first-order valence-corrected chi connectivity index (χ1v) is 6.79. The highest BCUT2D eigenvalue weighted by molar-refractivity contribution is 5.69. The first kappa shape index (κ1) is 14.1. The van der Waals surface area contributed by atoms with Gasteiger partial charge in [-0.25, -0.2) is 14.7 Å². The molecule has 0 saturated carbocycles. The number of ether oxygens (including phenoxy) is 1. The van der Waals surface area contributed by atoms with E-state index in [1.54, 1.807) is 12.0 Å². The molecule has 114 valence electrons. The van der Waals surface area contributed by atoms with Crippen molar-refractivity contribution in [2.45, 2.75) is 37.4 Å². The van der Waals surface area contributed by atoms with Gasteiger partial charge in [-0.3, -0.25) is 4.90 Å². The SMILES string of the molecule is COC(=O)N1[C@H](C)[C@@H]2[C@H](O)[C@H](O)[C@H]1ON2c1ccccc1. The summed E-state index contributed by atoms with van der Waals surface area (Å²) < 4.78 is 4.73. The number of carbonyl (C=O) groups is 1. The summed E-state index contributed by atoms with van der Waals surface area (Å²) in [6, 6.07) is 8.32. The molecule has 3 aliphatic rings. The van der Waals surface area contributed by atoms with Gasteiger partial charge in [-0.1, -0.05) is 18.2 Å². The summed E-state index contributed by atoms with van der Waals surface area (Å²) in [5, 5.41) is 22.0. The highest BCUT2D eigenvalue weighted by atomic mass is 16.7. The van der Waals surface area contributed by atoms with E-state index in [9.17, 15) is 15.0 Å².